The summed E-state index contributed by atoms with van der Waals surface area (Å²) >= 11 is 7.88. The first-order valence-corrected chi connectivity index (χ1v) is 7.45. The standard InChI is InChI=1S/C13H19ClFNS/c1-9(8-17-3)13(16-2)6-10-4-5-11(15)7-12(10)14/h4-5,7,9,13,16H,6,8H2,1-3H3. The number of nitrogens with one attached hydrogen (secondary N) is 1. The van der Waals surface area contributed by atoms with Crippen LogP contribution in [0.2, 0.25) is 5.02 Å². The number of hydrogen-bond acceptors (Lipinski definition) is 2. The number of hydrogen-bond donors (Lipinski definition) is 1. The van der Waals surface area contributed by atoms with Gasteiger partial charge in [0, 0.05) is 11.1 Å². The van der Waals surface area contributed by atoms with E-state index in [1.165, 1.54) is 12.1 Å². The van der Waals surface area contributed by atoms with Gasteiger partial charge in [-0.25, -0.2) is 4.39 Å². The summed E-state index contributed by atoms with van der Waals surface area (Å²) in [5, 5.41) is 3.83. The van der Waals surface area contributed by atoms with Gasteiger partial charge in [-0.15, -0.1) is 0 Å². The molecule has 1 rings (SSSR count). The van der Waals surface area contributed by atoms with E-state index in [-0.39, 0.29) is 5.82 Å². The summed E-state index contributed by atoms with van der Waals surface area (Å²) in [7, 11) is 1.96. The quantitative estimate of drug-likeness (QED) is 0.851. The average molecular weight is 276 g/mol. The van der Waals surface area contributed by atoms with Gasteiger partial charge in [0.1, 0.15) is 5.82 Å². The molecule has 0 fully saturated rings. The number of thioether (sulfide) groups is 1. The van der Waals surface area contributed by atoms with Crippen molar-refractivity contribution >= 4 is 23.4 Å². The molecule has 17 heavy (non-hydrogen) atoms. The molecule has 0 aliphatic heterocycles. The predicted molar refractivity (Wildman–Crippen MR) is 75.5 cm³/mol. The Labute approximate surface area is 112 Å². The normalized spacial score (nSPS) is 14.6. The molecular weight excluding hydrogens is 257 g/mol. The molecule has 0 aliphatic rings. The van der Waals surface area contributed by atoms with Crippen molar-refractivity contribution in [1.82, 2.24) is 5.32 Å². The molecule has 1 nitrogen and oxygen atoms in total. The van der Waals surface area contributed by atoms with Crippen molar-refractivity contribution in [2.24, 2.45) is 5.92 Å². The Bertz CT molecular complexity index is 359. The summed E-state index contributed by atoms with van der Waals surface area (Å²) in [6.07, 6.45) is 2.94. The molecule has 4 heteroatoms. The Morgan fingerprint density at radius 3 is 2.71 bits per heavy atom. The van der Waals surface area contributed by atoms with Crippen LogP contribution in [0.25, 0.3) is 0 Å². The van der Waals surface area contributed by atoms with Gasteiger partial charge in [-0.1, -0.05) is 24.6 Å². The lowest BCUT2D eigenvalue weighted by Gasteiger charge is -2.23. The van der Waals surface area contributed by atoms with E-state index >= 15 is 0 Å². The van der Waals surface area contributed by atoms with Gasteiger partial charge < -0.3 is 5.32 Å². The van der Waals surface area contributed by atoms with E-state index in [4.69, 9.17) is 11.6 Å². The van der Waals surface area contributed by atoms with E-state index in [2.05, 4.69) is 18.5 Å². The minimum atomic E-state index is -0.281. The Kier molecular flexibility index (Phi) is 6.31. The van der Waals surface area contributed by atoms with E-state index in [9.17, 15) is 4.39 Å². The van der Waals surface area contributed by atoms with Gasteiger partial charge in [0.15, 0.2) is 0 Å². The maximum Gasteiger partial charge on any atom is 0.124 e. The highest BCUT2D eigenvalue weighted by molar-refractivity contribution is 7.98. The van der Waals surface area contributed by atoms with E-state index in [0.717, 1.165) is 17.7 Å². The maximum atomic E-state index is 12.9. The molecule has 0 spiro atoms. The molecule has 0 radical (unpaired) electrons. The third-order valence-electron chi connectivity index (χ3n) is 2.94. The maximum absolute atomic E-state index is 12.9. The fourth-order valence-corrected chi connectivity index (χ4v) is 2.89. The lowest BCUT2D eigenvalue weighted by molar-refractivity contribution is 0.430. The second kappa shape index (κ2) is 7.24. The highest BCUT2D eigenvalue weighted by Gasteiger charge is 2.16. The molecular formula is C13H19ClFNS. The molecule has 0 aromatic heterocycles. The SMILES string of the molecule is CNC(Cc1ccc(F)cc1Cl)C(C)CSC. The number of rotatable bonds is 6. The molecule has 0 heterocycles. The van der Waals surface area contributed by atoms with Crippen molar-refractivity contribution in [2.45, 2.75) is 19.4 Å². The van der Waals surface area contributed by atoms with E-state index in [0.29, 0.717) is 17.0 Å². The highest BCUT2D eigenvalue weighted by Crippen LogP contribution is 2.21. The van der Waals surface area contributed by atoms with Crippen molar-refractivity contribution in [3.63, 3.8) is 0 Å². The second-order valence-electron chi connectivity index (χ2n) is 4.27. The van der Waals surface area contributed by atoms with Crippen LogP contribution in [0, 0.1) is 11.7 Å². The molecule has 1 aromatic carbocycles. The molecule has 0 saturated heterocycles. The number of likely N-dealkylation sites (N-methyl/N-ethyl adjacent to an activating group) is 1. The second-order valence-corrected chi connectivity index (χ2v) is 5.59. The van der Waals surface area contributed by atoms with E-state index < -0.39 is 0 Å². The third-order valence-corrected chi connectivity index (χ3v) is 4.15. The number of halogens is 2. The van der Waals surface area contributed by atoms with Crippen LogP contribution >= 0.6 is 23.4 Å². The molecule has 0 bridgehead atoms. The Balaban J connectivity index is 2.73. The Morgan fingerprint density at radius 1 is 1.47 bits per heavy atom. The van der Waals surface area contributed by atoms with Gasteiger partial charge in [0.25, 0.3) is 0 Å². The number of benzene rings is 1. The van der Waals surface area contributed by atoms with E-state index in [1.54, 1.807) is 6.07 Å². The Hall–Kier alpha value is -0.250. The van der Waals surface area contributed by atoms with Crippen molar-refractivity contribution in [3.8, 4) is 0 Å². The lowest BCUT2D eigenvalue weighted by Crippen LogP contribution is -2.35. The topological polar surface area (TPSA) is 12.0 Å². The van der Waals surface area contributed by atoms with Crippen LogP contribution in [0.3, 0.4) is 0 Å². The summed E-state index contributed by atoms with van der Waals surface area (Å²) in [6.45, 7) is 2.22. The van der Waals surface area contributed by atoms with Gasteiger partial charge >= 0.3 is 0 Å². The molecule has 0 saturated carbocycles. The molecule has 1 aromatic rings. The van der Waals surface area contributed by atoms with Crippen LogP contribution in [0.1, 0.15) is 12.5 Å². The van der Waals surface area contributed by atoms with Crippen LogP contribution in [-0.2, 0) is 6.42 Å². The first kappa shape index (κ1) is 14.8. The minimum Gasteiger partial charge on any atom is -0.316 e. The van der Waals surface area contributed by atoms with Crippen molar-refractivity contribution in [2.75, 3.05) is 19.1 Å². The van der Waals surface area contributed by atoms with Gasteiger partial charge in [-0.3, -0.25) is 0 Å². The summed E-state index contributed by atoms with van der Waals surface area (Å²) in [6, 6.07) is 4.98. The fraction of sp³-hybridized carbons (Fsp3) is 0.538. The molecule has 2 atom stereocenters. The molecule has 96 valence electrons. The van der Waals surface area contributed by atoms with Crippen molar-refractivity contribution in [3.05, 3.63) is 34.6 Å². The highest BCUT2D eigenvalue weighted by atomic mass is 35.5. The molecule has 2 unspecified atom stereocenters. The van der Waals surface area contributed by atoms with Crippen LogP contribution in [0.15, 0.2) is 18.2 Å². The Morgan fingerprint density at radius 2 is 2.18 bits per heavy atom. The minimum absolute atomic E-state index is 0.281. The smallest absolute Gasteiger partial charge is 0.124 e. The first-order chi connectivity index (χ1) is 8.08. The van der Waals surface area contributed by atoms with Crippen LogP contribution in [-0.4, -0.2) is 25.1 Å². The monoisotopic (exact) mass is 275 g/mol. The summed E-state index contributed by atoms with van der Waals surface area (Å²) in [5.74, 6) is 1.37. The van der Waals surface area contributed by atoms with Crippen LogP contribution in [0.4, 0.5) is 4.39 Å². The van der Waals surface area contributed by atoms with E-state index in [1.807, 2.05) is 18.8 Å². The van der Waals surface area contributed by atoms with Gasteiger partial charge in [-0.2, -0.15) is 11.8 Å². The van der Waals surface area contributed by atoms with Gasteiger partial charge in [0.2, 0.25) is 0 Å². The van der Waals surface area contributed by atoms with Crippen LogP contribution in [0.5, 0.6) is 0 Å². The lowest BCUT2D eigenvalue weighted by atomic mass is 9.96. The summed E-state index contributed by atoms with van der Waals surface area (Å²) < 4.78 is 12.9. The average Bonchev–Trinajstić information content (AvgIpc) is 2.28. The van der Waals surface area contributed by atoms with Crippen LogP contribution < -0.4 is 5.32 Å². The van der Waals surface area contributed by atoms with Crippen molar-refractivity contribution in [1.29, 1.82) is 0 Å². The first-order valence-electron chi connectivity index (χ1n) is 5.68. The predicted octanol–water partition coefficient (Wildman–Crippen LogP) is 3.61. The zero-order chi connectivity index (χ0) is 12.8. The molecule has 0 amide bonds. The zero-order valence-corrected chi connectivity index (χ0v) is 12.0. The zero-order valence-electron chi connectivity index (χ0n) is 10.5. The van der Waals surface area contributed by atoms with Gasteiger partial charge in [-0.05, 0) is 49.1 Å². The fourth-order valence-electron chi connectivity index (χ4n) is 1.89. The summed E-state index contributed by atoms with van der Waals surface area (Å²) in [4.78, 5) is 0. The molecule has 0 aliphatic carbocycles. The molecule has 1 N–H and O–H groups in total. The largest absolute Gasteiger partial charge is 0.316 e. The summed E-state index contributed by atoms with van der Waals surface area (Å²) in [5.41, 5.74) is 1.00. The van der Waals surface area contributed by atoms with Gasteiger partial charge in [0.05, 0.1) is 0 Å². The third kappa shape index (κ3) is 4.49. The van der Waals surface area contributed by atoms with Crippen molar-refractivity contribution < 1.29 is 4.39 Å².